The van der Waals surface area contributed by atoms with Crippen molar-refractivity contribution in [1.29, 1.82) is 0 Å². The molecule has 9 rings (SSSR count). The van der Waals surface area contributed by atoms with Gasteiger partial charge in [-0.1, -0.05) is 159 Å². The van der Waals surface area contributed by atoms with Crippen molar-refractivity contribution in [3.63, 3.8) is 0 Å². The highest BCUT2D eigenvalue weighted by molar-refractivity contribution is 7.18. The molecule has 0 aliphatic carbocycles. The van der Waals surface area contributed by atoms with Gasteiger partial charge in [0.25, 0.3) is 0 Å². The second-order valence-electron chi connectivity index (χ2n) is 22.7. The van der Waals surface area contributed by atoms with Crippen LogP contribution in [0.5, 0.6) is 0 Å². The Hall–Kier alpha value is -5.53. The summed E-state index contributed by atoms with van der Waals surface area (Å²) in [4.78, 5) is 12.6. The average Bonchev–Trinajstić information content (AvgIpc) is 4.16. The molecule has 72 heavy (non-hydrogen) atoms. The van der Waals surface area contributed by atoms with Crippen molar-refractivity contribution in [1.82, 2.24) is 29.3 Å². The molecule has 6 nitrogen and oxygen atoms in total. The second-order valence-corrected chi connectivity index (χ2v) is 23.8. The normalized spacial score (nSPS) is 11.8. The van der Waals surface area contributed by atoms with Crippen LogP contribution in [-0.4, -0.2) is 29.3 Å². The van der Waals surface area contributed by atoms with Crippen LogP contribution < -0.4 is 0 Å². The molecular formula is C65H90N6S. The molecule has 0 saturated carbocycles. The molecule has 1 N–H and O–H groups in total. The quantitative estimate of drug-likeness (QED) is 0.148. The zero-order valence-corrected chi connectivity index (χ0v) is 48.7. The van der Waals surface area contributed by atoms with E-state index in [4.69, 9.17) is 0 Å². The summed E-state index contributed by atoms with van der Waals surface area (Å²) in [6.07, 6.45) is 4.14. The Bertz CT molecular complexity index is 2800. The lowest BCUT2D eigenvalue weighted by molar-refractivity contribution is 0.551. The number of H-pyrrole nitrogens is 1. The van der Waals surface area contributed by atoms with E-state index in [2.05, 4.69) is 277 Å². The smallest absolute Gasteiger partial charge is 0.109 e. The number of aromatic nitrogens is 6. The molecule has 0 radical (unpaired) electrons. The molecule has 7 heteroatoms. The van der Waals surface area contributed by atoms with Crippen LogP contribution in [0.25, 0.3) is 43.1 Å². The fourth-order valence-corrected chi connectivity index (χ4v) is 9.30. The molecule has 0 fully saturated rings. The van der Waals surface area contributed by atoms with Crippen LogP contribution >= 0.6 is 11.3 Å². The number of thiazole rings is 1. The largest absolute Gasteiger partial charge is 0.345 e. The number of aromatic amines is 1. The van der Waals surface area contributed by atoms with Gasteiger partial charge in [0.05, 0.1) is 38.0 Å². The van der Waals surface area contributed by atoms with E-state index in [1.807, 2.05) is 17.5 Å². The van der Waals surface area contributed by atoms with Gasteiger partial charge in [-0.3, -0.25) is 4.68 Å². The predicted molar refractivity (Wildman–Crippen MR) is 317 cm³/mol. The minimum absolute atomic E-state index is 0.424. The van der Waals surface area contributed by atoms with Crippen LogP contribution in [0.3, 0.4) is 0 Å². The summed E-state index contributed by atoms with van der Waals surface area (Å²) in [5.41, 5.74) is 14.4. The van der Waals surface area contributed by atoms with E-state index in [0.29, 0.717) is 59.4 Å². The highest BCUT2D eigenvalue weighted by atomic mass is 32.1. The van der Waals surface area contributed by atoms with Gasteiger partial charge in [-0.25, -0.2) is 9.97 Å². The SMILES string of the molecule is CC(C)c1ccc(C(C)C)cc1.CC(C)c1ccc2c(ccn2C(C)C)c1.CC(C)c1ccc2c(cnn2C(C)C)c1.CC(C)c1ccc2nc(C(C)C)[nH]c2c1.CC(C)c1ccc2sc(C(C)C)nc2c1. The summed E-state index contributed by atoms with van der Waals surface area (Å²) in [5, 5.41) is 8.26. The first-order valence-electron chi connectivity index (χ1n) is 27.0. The summed E-state index contributed by atoms with van der Waals surface area (Å²) in [6.45, 7) is 44.1. The van der Waals surface area contributed by atoms with Gasteiger partial charge in [0, 0.05) is 41.0 Å². The van der Waals surface area contributed by atoms with Gasteiger partial charge in [-0.15, -0.1) is 11.3 Å². The standard InChI is InChI=1S/C14H19N.2C13H18N2.C13H17NS.C12H18/c1-10(2)12-5-6-14-13(9-12)7-8-15(14)11(3)4;1-9(2)11-5-6-13-12(7-11)8-14-15(13)10(3)4;1-8(2)10-5-6-11-12(7-10)15-13(14-11)9(3)4;1-8(2)10-5-6-12-11(7-10)14-13(15-12)9(3)4;1-9(2)11-5-7-12(8-6-11)10(3)4/h5-11H,1-4H3;5-10H,1-4H3;5-9H,1-4H3,(H,14,15);5-9H,1-4H3;5-10H,1-4H3. The molecule has 4 aromatic heterocycles. The molecular weight excluding hydrogens is 897 g/mol. The van der Waals surface area contributed by atoms with Crippen molar-refractivity contribution in [2.75, 3.05) is 0 Å². The lowest BCUT2D eigenvalue weighted by Gasteiger charge is -2.10. The molecule has 0 aliphatic heterocycles. The Morgan fingerprint density at radius 3 is 1.38 bits per heavy atom. The maximum absolute atomic E-state index is 4.67. The van der Waals surface area contributed by atoms with E-state index >= 15 is 0 Å². The highest BCUT2D eigenvalue weighted by Crippen LogP contribution is 2.30. The van der Waals surface area contributed by atoms with Crippen LogP contribution in [-0.2, 0) is 0 Å². The first-order valence-corrected chi connectivity index (χ1v) is 27.8. The van der Waals surface area contributed by atoms with E-state index in [-0.39, 0.29) is 0 Å². The number of hydrogen-bond acceptors (Lipinski definition) is 4. The monoisotopic (exact) mass is 987 g/mol. The first kappa shape index (κ1) is 57.4. The third-order valence-corrected chi connectivity index (χ3v) is 14.7. The summed E-state index contributed by atoms with van der Waals surface area (Å²) >= 11 is 1.81. The van der Waals surface area contributed by atoms with Gasteiger partial charge in [0.15, 0.2) is 0 Å². The third kappa shape index (κ3) is 15.3. The van der Waals surface area contributed by atoms with Gasteiger partial charge in [0.1, 0.15) is 5.82 Å². The zero-order chi connectivity index (χ0) is 53.1. The van der Waals surface area contributed by atoms with Crippen LogP contribution in [0.4, 0.5) is 0 Å². The summed E-state index contributed by atoms with van der Waals surface area (Å²) in [6, 6.07) is 38.6. The third-order valence-electron chi connectivity index (χ3n) is 13.3. The molecule has 9 aromatic rings. The Kier molecular flexibility index (Phi) is 20.7. The summed E-state index contributed by atoms with van der Waals surface area (Å²) < 4.78 is 5.70. The molecule has 4 heterocycles. The van der Waals surface area contributed by atoms with Crippen LogP contribution in [0.2, 0.25) is 0 Å². The number of imidazole rings is 1. The molecule has 0 spiro atoms. The van der Waals surface area contributed by atoms with Gasteiger partial charge in [-0.2, -0.15) is 5.10 Å². The minimum Gasteiger partial charge on any atom is -0.345 e. The molecule has 0 bridgehead atoms. The van der Waals surface area contributed by atoms with Gasteiger partial charge >= 0.3 is 0 Å². The molecule has 0 aliphatic rings. The van der Waals surface area contributed by atoms with Gasteiger partial charge in [0.2, 0.25) is 0 Å². The number of benzene rings is 5. The van der Waals surface area contributed by atoms with Crippen LogP contribution in [0.15, 0.2) is 116 Å². The van der Waals surface area contributed by atoms with Crippen molar-refractivity contribution in [3.8, 4) is 0 Å². The predicted octanol–water partition coefficient (Wildman–Crippen LogP) is 20.4. The molecule has 0 amide bonds. The Balaban J connectivity index is 0.000000168. The van der Waals surface area contributed by atoms with Crippen molar-refractivity contribution < 1.29 is 0 Å². The number of rotatable bonds is 10. The fourth-order valence-electron chi connectivity index (χ4n) is 8.35. The Labute approximate surface area is 439 Å². The number of hydrogen-bond donors (Lipinski definition) is 1. The highest BCUT2D eigenvalue weighted by Gasteiger charge is 2.12. The zero-order valence-electron chi connectivity index (χ0n) is 47.9. The van der Waals surface area contributed by atoms with Crippen molar-refractivity contribution in [2.24, 2.45) is 0 Å². The first-order chi connectivity index (χ1) is 33.9. The molecule has 0 saturated heterocycles. The maximum Gasteiger partial charge on any atom is 0.109 e. The number of nitrogens with zero attached hydrogens (tertiary/aromatic N) is 5. The van der Waals surface area contributed by atoms with E-state index in [1.165, 1.54) is 64.9 Å². The summed E-state index contributed by atoms with van der Waals surface area (Å²) in [7, 11) is 0. The van der Waals surface area contributed by atoms with Crippen molar-refractivity contribution in [3.05, 3.63) is 160 Å². The Morgan fingerprint density at radius 2 is 0.875 bits per heavy atom. The second kappa shape index (κ2) is 25.9. The van der Waals surface area contributed by atoms with E-state index in [1.54, 1.807) is 0 Å². The van der Waals surface area contributed by atoms with Gasteiger partial charge in [-0.05, 0) is 157 Å². The maximum atomic E-state index is 4.67. The van der Waals surface area contributed by atoms with Crippen LogP contribution in [0.1, 0.15) is 242 Å². The molecule has 5 aromatic carbocycles. The molecule has 0 atom stereocenters. The van der Waals surface area contributed by atoms with E-state index in [9.17, 15) is 0 Å². The fraction of sp³-hybridized carbons (Fsp3) is 0.462. The molecule has 0 unspecified atom stereocenters. The minimum atomic E-state index is 0.424. The molecule has 386 valence electrons. The van der Waals surface area contributed by atoms with Crippen molar-refractivity contribution in [2.45, 2.75) is 198 Å². The topological polar surface area (TPSA) is 64.3 Å². The summed E-state index contributed by atoms with van der Waals surface area (Å²) in [5.74, 6) is 5.69. The number of fused-ring (bicyclic) bond motifs is 4. The van der Waals surface area contributed by atoms with E-state index < -0.39 is 0 Å². The average molecular weight is 988 g/mol. The van der Waals surface area contributed by atoms with Crippen molar-refractivity contribution >= 4 is 54.4 Å². The lowest BCUT2D eigenvalue weighted by atomic mass is 9.97. The number of nitrogens with one attached hydrogen (secondary N) is 1. The lowest BCUT2D eigenvalue weighted by Crippen LogP contribution is -2.01. The van der Waals surface area contributed by atoms with Crippen LogP contribution in [0, 0.1) is 0 Å². The Morgan fingerprint density at radius 1 is 0.403 bits per heavy atom. The van der Waals surface area contributed by atoms with Gasteiger partial charge < -0.3 is 9.55 Å². The van der Waals surface area contributed by atoms with E-state index in [0.717, 1.165) is 22.4 Å².